The average Bonchev–Trinajstić information content (AvgIpc) is 1.88. The molecule has 0 bridgehead atoms. The zero-order valence-electron chi connectivity index (χ0n) is 5.82. The Hall–Kier alpha value is 0.240. The van der Waals surface area contributed by atoms with Gasteiger partial charge in [0.05, 0.1) is 0 Å². The average molecular weight is 180 g/mol. The summed E-state index contributed by atoms with van der Waals surface area (Å²) in [6, 6.07) is 9.21. The molecule has 1 atom stereocenters. The molecule has 0 saturated carbocycles. The fraction of sp³-hybridized carbons (Fsp3) is 0.250. The number of aliphatic hydroxyl groups is 1. The van der Waals surface area contributed by atoms with Crippen LogP contribution in [0.1, 0.15) is 6.92 Å². The quantitative estimate of drug-likeness (QED) is 0.530. The van der Waals surface area contributed by atoms with Crippen molar-refractivity contribution >= 4 is 37.7 Å². The van der Waals surface area contributed by atoms with Crippen LogP contribution in [0.15, 0.2) is 30.3 Å². The Labute approximate surface area is 96.2 Å². The minimum absolute atomic E-state index is 0. The van der Waals surface area contributed by atoms with E-state index >= 15 is 0 Å². The van der Waals surface area contributed by atoms with Gasteiger partial charge in [0, 0.05) is 0 Å². The summed E-state index contributed by atoms with van der Waals surface area (Å²) in [4.78, 5) is 0. The van der Waals surface area contributed by atoms with Crippen LogP contribution in [0, 0.1) is 0 Å². The maximum atomic E-state index is 8.78. The van der Waals surface area contributed by atoms with Crippen molar-refractivity contribution in [2.24, 2.45) is 0 Å². The molecule has 0 aliphatic carbocycles. The molecule has 1 unspecified atom stereocenters. The van der Waals surface area contributed by atoms with Crippen LogP contribution in [0.5, 0.6) is 5.75 Å². The predicted molar refractivity (Wildman–Crippen MR) is 47.3 cm³/mol. The van der Waals surface area contributed by atoms with E-state index in [0.717, 1.165) is 0 Å². The van der Waals surface area contributed by atoms with Crippen LogP contribution in [0.2, 0.25) is 0 Å². The van der Waals surface area contributed by atoms with Crippen molar-refractivity contribution in [2.75, 3.05) is 0 Å². The van der Waals surface area contributed by atoms with Gasteiger partial charge in [0.15, 0.2) is 6.29 Å². The molecule has 1 N–H and O–H groups in total. The second kappa shape index (κ2) is 5.84. The zero-order chi connectivity index (χ0) is 7.40. The van der Waals surface area contributed by atoms with Crippen LogP contribution in [-0.4, -0.2) is 49.1 Å². The molecule has 0 aliphatic rings. The molecule has 0 saturated heterocycles. The number of para-hydroxylation sites is 1. The molecule has 0 spiro atoms. The van der Waals surface area contributed by atoms with E-state index in [1.54, 1.807) is 19.1 Å². The van der Waals surface area contributed by atoms with Gasteiger partial charge in [0.25, 0.3) is 0 Å². The van der Waals surface area contributed by atoms with Gasteiger partial charge in [-0.3, -0.25) is 0 Å². The normalized spacial score (nSPS) is 11.5. The Morgan fingerprint density at radius 3 is 2.27 bits per heavy atom. The van der Waals surface area contributed by atoms with E-state index in [1.165, 1.54) is 0 Å². The number of rotatable bonds is 2. The van der Waals surface area contributed by atoms with Crippen LogP contribution in [-0.2, 0) is 0 Å². The van der Waals surface area contributed by atoms with Gasteiger partial charge in [0.1, 0.15) is 5.75 Å². The van der Waals surface area contributed by atoms with E-state index in [2.05, 4.69) is 0 Å². The standard InChI is InChI=1S/C8H10O2.Ca.2H/c1-7(9)10-8-5-3-2-4-6-8;;;/h2-7,9H,1H3;;;. The number of ether oxygens (including phenoxy) is 1. The summed E-state index contributed by atoms with van der Waals surface area (Å²) in [5.74, 6) is 0.692. The van der Waals surface area contributed by atoms with Crippen molar-refractivity contribution in [3.05, 3.63) is 30.3 Å². The predicted octanol–water partition coefficient (Wildman–Crippen LogP) is 0.487. The Bertz CT molecular complexity index is 187. The SMILES string of the molecule is CC(O)Oc1ccccc1.[CaH2]. The van der Waals surface area contributed by atoms with Crippen molar-refractivity contribution in [3.8, 4) is 5.75 Å². The number of benzene rings is 1. The van der Waals surface area contributed by atoms with Crippen molar-refractivity contribution in [1.82, 2.24) is 0 Å². The van der Waals surface area contributed by atoms with Crippen molar-refractivity contribution in [3.63, 3.8) is 0 Å². The minimum atomic E-state index is -0.734. The van der Waals surface area contributed by atoms with Crippen LogP contribution in [0.4, 0.5) is 0 Å². The molecule has 0 heterocycles. The molecule has 0 aliphatic heterocycles. The first kappa shape index (κ1) is 11.2. The van der Waals surface area contributed by atoms with Gasteiger partial charge in [-0.25, -0.2) is 0 Å². The van der Waals surface area contributed by atoms with E-state index in [0.29, 0.717) is 5.75 Å². The van der Waals surface area contributed by atoms with Gasteiger partial charge in [-0.05, 0) is 19.1 Å². The molecule has 1 aromatic rings. The zero-order valence-corrected chi connectivity index (χ0v) is 5.82. The van der Waals surface area contributed by atoms with Gasteiger partial charge in [0.2, 0.25) is 0 Å². The van der Waals surface area contributed by atoms with Gasteiger partial charge in [-0.1, -0.05) is 18.2 Å². The second-order valence-corrected chi connectivity index (χ2v) is 2.03. The summed E-state index contributed by atoms with van der Waals surface area (Å²) in [6.07, 6.45) is -0.734. The number of aliphatic hydroxyl groups excluding tert-OH is 1. The Morgan fingerprint density at radius 1 is 1.27 bits per heavy atom. The summed E-state index contributed by atoms with van der Waals surface area (Å²) in [5.41, 5.74) is 0. The van der Waals surface area contributed by atoms with Gasteiger partial charge < -0.3 is 9.84 Å². The summed E-state index contributed by atoms with van der Waals surface area (Å²) in [5, 5.41) is 8.78. The summed E-state index contributed by atoms with van der Waals surface area (Å²) in [7, 11) is 0. The van der Waals surface area contributed by atoms with Crippen LogP contribution >= 0.6 is 0 Å². The number of hydrogen-bond acceptors (Lipinski definition) is 2. The molecule has 0 amide bonds. The first-order chi connectivity index (χ1) is 4.79. The third-order valence-electron chi connectivity index (χ3n) is 1.05. The third kappa shape index (κ3) is 4.64. The fourth-order valence-electron chi connectivity index (χ4n) is 0.696. The summed E-state index contributed by atoms with van der Waals surface area (Å²) >= 11 is 0. The molecule has 3 heteroatoms. The first-order valence-corrected chi connectivity index (χ1v) is 3.19. The molecular formula is C8H12CaO2. The second-order valence-electron chi connectivity index (χ2n) is 2.03. The number of hydrogen-bond donors (Lipinski definition) is 1. The molecule has 1 rings (SSSR count). The Balaban J connectivity index is 0.000001000. The van der Waals surface area contributed by atoms with E-state index in [1.807, 2.05) is 18.2 Å². The molecule has 58 valence electrons. The Morgan fingerprint density at radius 2 is 1.82 bits per heavy atom. The van der Waals surface area contributed by atoms with E-state index in [4.69, 9.17) is 9.84 Å². The topological polar surface area (TPSA) is 29.5 Å². The van der Waals surface area contributed by atoms with Crippen LogP contribution in [0.25, 0.3) is 0 Å². The molecule has 0 fully saturated rings. The molecule has 2 nitrogen and oxygen atoms in total. The van der Waals surface area contributed by atoms with Crippen molar-refractivity contribution < 1.29 is 9.84 Å². The monoisotopic (exact) mass is 180 g/mol. The summed E-state index contributed by atoms with van der Waals surface area (Å²) < 4.78 is 4.97. The molecular weight excluding hydrogens is 168 g/mol. The maximum absolute atomic E-state index is 8.78. The van der Waals surface area contributed by atoms with Gasteiger partial charge >= 0.3 is 37.7 Å². The third-order valence-corrected chi connectivity index (χ3v) is 1.05. The molecule has 1 aromatic carbocycles. The van der Waals surface area contributed by atoms with E-state index in [9.17, 15) is 0 Å². The van der Waals surface area contributed by atoms with Crippen LogP contribution < -0.4 is 4.74 Å². The van der Waals surface area contributed by atoms with E-state index < -0.39 is 6.29 Å². The molecule has 11 heavy (non-hydrogen) atoms. The van der Waals surface area contributed by atoms with E-state index in [-0.39, 0.29) is 37.7 Å². The molecule has 0 aromatic heterocycles. The first-order valence-electron chi connectivity index (χ1n) is 3.19. The van der Waals surface area contributed by atoms with Gasteiger partial charge in [-0.2, -0.15) is 0 Å². The van der Waals surface area contributed by atoms with Crippen LogP contribution in [0.3, 0.4) is 0 Å². The van der Waals surface area contributed by atoms with Crippen molar-refractivity contribution in [2.45, 2.75) is 13.2 Å². The van der Waals surface area contributed by atoms with Crippen molar-refractivity contribution in [1.29, 1.82) is 0 Å². The fourth-order valence-corrected chi connectivity index (χ4v) is 0.696. The molecule has 0 radical (unpaired) electrons. The summed E-state index contributed by atoms with van der Waals surface area (Å²) in [6.45, 7) is 1.58. The van der Waals surface area contributed by atoms with Gasteiger partial charge in [-0.15, -0.1) is 0 Å². The Kier molecular flexibility index (Phi) is 5.96.